The summed E-state index contributed by atoms with van der Waals surface area (Å²) in [5, 5.41) is 4.49. The van der Waals surface area contributed by atoms with E-state index >= 15 is 0 Å². The van der Waals surface area contributed by atoms with Gasteiger partial charge in [0.1, 0.15) is 0 Å². The number of rotatable bonds is 4. The molecule has 4 rings (SSSR count). The van der Waals surface area contributed by atoms with Crippen molar-refractivity contribution in [3.05, 3.63) is 47.3 Å². The molecule has 0 radical (unpaired) electrons. The quantitative estimate of drug-likeness (QED) is 0.777. The van der Waals surface area contributed by atoms with Crippen LogP contribution in [0.25, 0.3) is 5.69 Å². The molecule has 1 aromatic carbocycles. The van der Waals surface area contributed by atoms with Crippen LogP contribution < -0.4 is 0 Å². The van der Waals surface area contributed by atoms with Gasteiger partial charge in [-0.05, 0) is 44.7 Å². The molecule has 0 N–H and O–H groups in total. The summed E-state index contributed by atoms with van der Waals surface area (Å²) in [6.07, 6.45) is 4.79. The molecule has 30 heavy (non-hydrogen) atoms. The van der Waals surface area contributed by atoms with Crippen molar-refractivity contribution in [2.45, 2.75) is 33.1 Å². The Morgan fingerprint density at radius 2 is 1.63 bits per heavy atom. The summed E-state index contributed by atoms with van der Waals surface area (Å²) in [6.45, 7) is 9.18. The molecule has 0 bridgehead atoms. The maximum Gasteiger partial charge on any atom is 0.257 e. The molecule has 2 aliphatic rings. The molecule has 0 saturated carbocycles. The molecular weight excluding hydrogens is 378 g/mol. The summed E-state index contributed by atoms with van der Waals surface area (Å²) in [5.74, 6) is 0.252. The van der Waals surface area contributed by atoms with E-state index < -0.39 is 0 Å². The molecule has 1 aromatic heterocycles. The minimum Gasteiger partial charge on any atom is -0.342 e. The number of nitrogens with zero attached hydrogens (tertiary/aromatic N) is 5. The number of hydrogen-bond donors (Lipinski definition) is 0. The van der Waals surface area contributed by atoms with E-state index in [-0.39, 0.29) is 11.8 Å². The highest BCUT2D eigenvalue weighted by atomic mass is 16.2. The molecule has 7 nitrogen and oxygen atoms in total. The van der Waals surface area contributed by atoms with Crippen molar-refractivity contribution >= 4 is 11.8 Å². The number of carbonyl (C=O) groups is 2. The largest absolute Gasteiger partial charge is 0.342 e. The van der Waals surface area contributed by atoms with Gasteiger partial charge in [0.05, 0.1) is 29.7 Å². The molecule has 0 atom stereocenters. The molecule has 0 spiro atoms. The highest BCUT2D eigenvalue weighted by Gasteiger charge is 2.26. The van der Waals surface area contributed by atoms with Crippen LogP contribution in [0.3, 0.4) is 0 Å². The lowest BCUT2D eigenvalue weighted by Crippen LogP contribution is -2.41. The van der Waals surface area contributed by atoms with Gasteiger partial charge in [-0.3, -0.25) is 14.5 Å². The second-order valence-electron chi connectivity index (χ2n) is 8.35. The van der Waals surface area contributed by atoms with E-state index in [1.807, 2.05) is 52.6 Å². The van der Waals surface area contributed by atoms with Gasteiger partial charge in [0.25, 0.3) is 5.91 Å². The van der Waals surface area contributed by atoms with Crippen LogP contribution in [-0.2, 0) is 4.79 Å². The van der Waals surface area contributed by atoms with Gasteiger partial charge in [-0.2, -0.15) is 5.10 Å². The number of amides is 2. The molecule has 2 aromatic rings. The second-order valence-corrected chi connectivity index (χ2v) is 8.35. The van der Waals surface area contributed by atoms with Crippen molar-refractivity contribution in [3.8, 4) is 5.69 Å². The van der Waals surface area contributed by atoms with Crippen molar-refractivity contribution in [1.82, 2.24) is 24.5 Å². The summed E-state index contributed by atoms with van der Waals surface area (Å²) < 4.78 is 1.85. The highest BCUT2D eigenvalue weighted by molar-refractivity contribution is 5.95. The Labute approximate surface area is 178 Å². The van der Waals surface area contributed by atoms with Crippen LogP contribution in [0.4, 0.5) is 0 Å². The summed E-state index contributed by atoms with van der Waals surface area (Å²) >= 11 is 0. The number of aryl methyl sites for hydroxylation is 1. The highest BCUT2D eigenvalue weighted by Crippen LogP contribution is 2.19. The fourth-order valence-electron chi connectivity index (χ4n) is 4.42. The van der Waals surface area contributed by atoms with Gasteiger partial charge in [-0.15, -0.1) is 0 Å². The molecule has 3 heterocycles. The van der Waals surface area contributed by atoms with Crippen molar-refractivity contribution < 1.29 is 9.59 Å². The van der Waals surface area contributed by atoms with Crippen LogP contribution in [-0.4, -0.2) is 82.1 Å². The average molecular weight is 410 g/mol. The summed E-state index contributed by atoms with van der Waals surface area (Å²) in [4.78, 5) is 31.8. The average Bonchev–Trinajstić information content (AvgIpc) is 3.34. The second kappa shape index (κ2) is 9.00. The zero-order valence-corrected chi connectivity index (χ0v) is 18.0. The predicted molar refractivity (Wildman–Crippen MR) is 116 cm³/mol. The monoisotopic (exact) mass is 409 g/mol. The lowest BCUT2D eigenvalue weighted by molar-refractivity contribution is -0.131. The molecule has 160 valence electrons. The van der Waals surface area contributed by atoms with E-state index in [9.17, 15) is 9.59 Å². The van der Waals surface area contributed by atoms with Gasteiger partial charge < -0.3 is 9.80 Å². The minimum absolute atomic E-state index is 0.0278. The predicted octanol–water partition coefficient (Wildman–Crippen LogP) is 2.26. The van der Waals surface area contributed by atoms with Crippen molar-refractivity contribution in [1.29, 1.82) is 0 Å². The number of para-hydroxylation sites is 1. The minimum atomic E-state index is 0.0278. The Kier molecular flexibility index (Phi) is 6.18. The molecular formula is C23H31N5O2. The zero-order valence-electron chi connectivity index (χ0n) is 18.0. The number of benzene rings is 1. The van der Waals surface area contributed by atoms with E-state index in [1.165, 1.54) is 0 Å². The Bertz CT molecular complexity index is 916. The third-order valence-electron chi connectivity index (χ3n) is 6.28. The molecule has 2 amide bonds. The van der Waals surface area contributed by atoms with Crippen molar-refractivity contribution in [2.75, 3.05) is 45.8 Å². The van der Waals surface area contributed by atoms with Crippen molar-refractivity contribution in [3.63, 3.8) is 0 Å². The van der Waals surface area contributed by atoms with E-state index in [4.69, 9.17) is 0 Å². The Hall–Kier alpha value is -2.67. The summed E-state index contributed by atoms with van der Waals surface area (Å²) in [7, 11) is 0. The summed E-state index contributed by atoms with van der Waals surface area (Å²) in [5.41, 5.74) is 3.63. The number of aromatic nitrogens is 2. The lowest BCUT2D eigenvalue weighted by atomic mass is 10.2. The summed E-state index contributed by atoms with van der Waals surface area (Å²) in [6, 6.07) is 8.05. The number of hydrogen-bond acceptors (Lipinski definition) is 4. The zero-order chi connectivity index (χ0) is 21.1. The fourth-order valence-corrected chi connectivity index (χ4v) is 4.42. The van der Waals surface area contributed by atoms with E-state index in [0.717, 1.165) is 62.4 Å². The fraction of sp³-hybridized carbons (Fsp3) is 0.522. The first-order valence-electron chi connectivity index (χ1n) is 10.9. The first-order chi connectivity index (χ1) is 14.5. The van der Waals surface area contributed by atoms with Gasteiger partial charge in [-0.25, -0.2) is 4.68 Å². The molecule has 0 aliphatic carbocycles. The van der Waals surface area contributed by atoms with E-state index in [2.05, 4.69) is 10.00 Å². The Morgan fingerprint density at radius 3 is 2.40 bits per heavy atom. The van der Waals surface area contributed by atoms with Gasteiger partial charge in [0.15, 0.2) is 0 Å². The standard InChI is InChI=1S/C23H31N5O2/c1-18-8-3-4-9-21(18)28-19(2)20(16-24-28)23(30)27-13-7-10-25(14-15-27)17-22(29)26-11-5-6-12-26/h3-4,8-9,16H,5-7,10-15,17H2,1-2H3. The number of likely N-dealkylation sites (tertiary alicyclic amines) is 1. The van der Waals surface area contributed by atoms with Crippen LogP contribution >= 0.6 is 0 Å². The van der Waals surface area contributed by atoms with Crippen LogP contribution in [0.2, 0.25) is 0 Å². The maximum atomic E-state index is 13.2. The van der Waals surface area contributed by atoms with Crippen LogP contribution in [0.15, 0.2) is 30.5 Å². The van der Waals surface area contributed by atoms with Gasteiger partial charge in [0.2, 0.25) is 5.91 Å². The Balaban J connectivity index is 1.41. The Morgan fingerprint density at radius 1 is 0.900 bits per heavy atom. The van der Waals surface area contributed by atoms with E-state index in [0.29, 0.717) is 25.2 Å². The van der Waals surface area contributed by atoms with Gasteiger partial charge >= 0.3 is 0 Å². The maximum absolute atomic E-state index is 13.2. The molecule has 2 aliphatic heterocycles. The lowest BCUT2D eigenvalue weighted by Gasteiger charge is -2.24. The van der Waals surface area contributed by atoms with Gasteiger partial charge in [-0.1, -0.05) is 18.2 Å². The SMILES string of the molecule is Cc1ccccc1-n1ncc(C(=O)N2CCCN(CC(=O)N3CCCC3)CC2)c1C. The van der Waals surface area contributed by atoms with Crippen LogP contribution in [0.5, 0.6) is 0 Å². The van der Waals surface area contributed by atoms with Crippen molar-refractivity contribution in [2.24, 2.45) is 0 Å². The first kappa shape index (κ1) is 20.6. The third-order valence-corrected chi connectivity index (χ3v) is 6.28. The molecule has 7 heteroatoms. The first-order valence-corrected chi connectivity index (χ1v) is 10.9. The molecule has 2 fully saturated rings. The normalized spacial score (nSPS) is 17.9. The topological polar surface area (TPSA) is 61.7 Å². The molecule has 0 unspecified atom stereocenters. The molecule has 2 saturated heterocycles. The number of carbonyl (C=O) groups excluding carboxylic acids is 2. The third kappa shape index (κ3) is 4.26. The van der Waals surface area contributed by atoms with Crippen LogP contribution in [0, 0.1) is 13.8 Å². The van der Waals surface area contributed by atoms with E-state index in [1.54, 1.807) is 6.20 Å². The van der Waals surface area contributed by atoms with Gasteiger partial charge in [0, 0.05) is 39.3 Å². The van der Waals surface area contributed by atoms with Crippen LogP contribution in [0.1, 0.15) is 40.9 Å². The smallest absolute Gasteiger partial charge is 0.257 e.